The van der Waals surface area contributed by atoms with Crippen LogP contribution in [0.25, 0.3) is 0 Å². The Balaban J connectivity index is 2.15. The number of nitrogens with one attached hydrogen (secondary N) is 1. The van der Waals surface area contributed by atoms with Gasteiger partial charge in [0.2, 0.25) is 0 Å². The third-order valence-corrected chi connectivity index (χ3v) is 3.46. The van der Waals surface area contributed by atoms with Crippen LogP contribution in [-0.2, 0) is 9.59 Å². The monoisotopic (exact) mass is 357 g/mol. The number of carboxylic acid groups (broad SMARTS) is 1. The molecule has 0 saturated carbocycles. The Labute approximate surface area is 132 Å². The van der Waals surface area contributed by atoms with E-state index in [0.29, 0.717) is 18.7 Å². The number of benzene rings is 1. The van der Waals surface area contributed by atoms with Crippen LogP contribution in [0, 0.1) is 6.92 Å². The van der Waals surface area contributed by atoms with E-state index in [1.165, 1.54) is 0 Å². The van der Waals surface area contributed by atoms with Crippen LogP contribution in [0.3, 0.4) is 0 Å². The molecule has 0 bridgehead atoms. The van der Waals surface area contributed by atoms with Crippen molar-refractivity contribution in [2.45, 2.75) is 32.6 Å². The first-order valence-corrected chi connectivity index (χ1v) is 7.66. The van der Waals surface area contributed by atoms with Crippen LogP contribution in [0.5, 0.6) is 5.75 Å². The van der Waals surface area contributed by atoms with Crippen LogP contribution < -0.4 is 10.1 Å². The molecule has 0 aliphatic carbocycles. The lowest BCUT2D eigenvalue weighted by Crippen LogP contribution is -2.29. The summed E-state index contributed by atoms with van der Waals surface area (Å²) in [6, 6.07) is 5.66. The number of rotatable bonds is 9. The minimum atomic E-state index is -0.781. The van der Waals surface area contributed by atoms with Crippen molar-refractivity contribution in [2.75, 3.05) is 13.2 Å². The SMILES string of the molecule is Cc1ccc(OCC(=O)NCCCCCC(=O)O)c(Br)c1. The van der Waals surface area contributed by atoms with Gasteiger partial charge in [0.05, 0.1) is 4.47 Å². The number of halogens is 1. The Bertz CT molecular complexity index is 491. The van der Waals surface area contributed by atoms with Gasteiger partial charge < -0.3 is 15.2 Å². The predicted molar refractivity (Wildman–Crippen MR) is 83.5 cm³/mol. The molecular weight excluding hydrogens is 338 g/mol. The zero-order chi connectivity index (χ0) is 15.7. The van der Waals surface area contributed by atoms with Crippen LogP contribution in [0.4, 0.5) is 0 Å². The molecule has 2 N–H and O–H groups in total. The zero-order valence-electron chi connectivity index (χ0n) is 12.0. The summed E-state index contributed by atoms with van der Waals surface area (Å²) in [6.45, 7) is 2.49. The van der Waals surface area contributed by atoms with E-state index in [1.54, 1.807) is 0 Å². The second-order valence-electron chi connectivity index (χ2n) is 4.78. The van der Waals surface area contributed by atoms with Gasteiger partial charge in [0.15, 0.2) is 6.61 Å². The smallest absolute Gasteiger partial charge is 0.303 e. The molecule has 1 amide bonds. The molecule has 0 aliphatic heterocycles. The highest BCUT2D eigenvalue weighted by atomic mass is 79.9. The summed E-state index contributed by atoms with van der Waals surface area (Å²) in [4.78, 5) is 21.9. The quantitative estimate of drug-likeness (QED) is 0.666. The largest absolute Gasteiger partial charge is 0.483 e. The first-order chi connectivity index (χ1) is 9.99. The molecule has 5 nitrogen and oxygen atoms in total. The Morgan fingerprint density at radius 1 is 1.29 bits per heavy atom. The third-order valence-electron chi connectivity index (χ3n) is 2.84. The zero-order valence-corrected chi connectivity index (χ0v) is 13.6. The molecule has 0 unspecified atom stereocenters. The van der Waals surface area contributed by atoms with Gasteiger partial charge >= 0.3 is 5.97 Å². The minimum Gasteiger partial charge on any atom is -0.483 e. The summed E-state index contributed by atoms with van der Waals surface area (Å²) >= 11 is 3.39. The number of carbonyl (C=O) groups is 2. The lowest BCUT2D eigenvalue weighted by atomic mass is 10.2. The molecular formula is C15H20BrNO4. The lowest BCUT2D eigenvalue weighted by Gasteiger charge is -2.09. The van der Waals surface area contributed by atoms with Crippen LogP contribution in [-0.4, -0.2) is 30.1 Å². The third kappa shape index (κ3) is 7.70. The van der Waals surface area contributed by atoms with Crippen LogP contribution >= 0.6 is 15.9 Å². The van der Waals surface area contributed by atoms with Gasteiger partial charge in [-0.2, -0.15) is 0 Å². The minimum absolute atomic E-state index is 0.0310. The average molecular weight is 358 g/mol. The van der Waals surface area contributed by atoms with Crippen molar-refractivity contribution in [1.82, 2.24) is 5.32 Å². The lowest BCUT2D eigenvalue weighted by molar-refractivity contribution is -0.137. The van der Waals surface area contributed by atoms with Crippen molar-refractivity contribution in [3.63, 3.8) is 0 Å². The normalized spacial score (nSPS) is 10.2. The molecule has 0 atom stereocenters. The number of amides is 1. The summed E-state index contributed by atoms with van der Waals surface area (Å²) in [5, 5.41) is 11.2. The molecule has 0 saturated heterocycles. The van der Waals surface area contributed by atoms with Crippen LogP contribution in [0.1, 0.15) is 31.2 Å². The van der Waals surface area contributed by atoms with E-state index in [1.807, 2.05) is 25.1 Å². The fourth-order valence-electron chi connectivity index (χ4n) is 1.72. The van der Waals surface area contributed by atoms with Gasteiger partial charge in [-0.3, -0.25) is 9.59 Å². The van der Waals surface area contributed by atoms with Crippen molar-refractivity contribution in [3.05, 3.63) is 28.2 Å². The number of unbranched alkanes of at least 4 members (excludes halogenated alkanes) is 2. The molecule has 6 heteroatoms. The second kappa shape index (κ2) is 9.39. The van der Waals surface area contributed by atoms with Crippen molar-refractivity contribution >= 4 is 27.8 Å². The number of ether oxygens (including phenoxy) is 1. The Morgan fingerprint density at radius 3 is 2.71 bits per heavy atom. The van der Waals surface area contributed by atoms with Gasteiger partial charge in [0, 0.05) is 13.0 Å². The highest BCUT2D eigenvalue weighted by Gasteiger charge is 2.05. The van der Waals surface area contributed by atoms with Crippen molar-refractivity contribution in [2.24, 2.45) is 0 Å². The fourth-order valence-corrected chi connectivity index (χ4v) is 2.33. The van der Waals surface area contributed by atoms with Gasteiger partial charge in [-0.1, -0.05) is 12.5 Å². The fraction of sp³-hybridized carbons (Fsp3) is 0.467. The molecule has 1 aromatic carbocycles. The molecule has 0 radical (unpaired) electrons. The van der Waals surface area contributed by atoms with Gasteiger partial charge in [-0.05, 0) is 53.4 Å². The topological polar surface area (TPSA) is 75.6 Å². The summed E-state index contributed by atoms with van der Waals surface area (Å²) in [7, 11) is 0. The van der Waals surface area contributed by atoms with Crippen LogP contribution in [0.2, 0.25) is 0 Å². The maximum atomic E-state index is 11.6. The van der Waals surface area contributed by atoms with Gasteiger partial charge in [-0.25, -0.2) is 0 Å². The summed E-state index contributed by atoms with van der Waals surface area (Å²) in [5.41, 5.74) is 1.11. The van der Waals surface area contributed by atoms with E-state index in [0.717, 1.165) is 22.9 Å². The molecule has 0 aromatic heterocycles. The number of aryl methyl sites for hydroxylation is 1. The van der Waals surface area contributed by atoms with E-state index >= 15 is 0 Å². The summed E-state index contributed by atoms with van der Waals surface area (Å²) in [5.74, 6) is -0.325. The van der Waals surface area contributed by atoms with Gasteiger partial charge in [-0.15, -0.1) is 0 Å². The van der Waals surface area contributed by atoms with E-state index < -0.39 is 5.97 Å². The van der Waals surface area contributed by atoms with E-state index in [4.69, 9.17) is 9.84 Å². The maximum Gasteiger partial charge on any atom is 0.303 e. The Morgan fingerprint density at radius 2 is 2.05 bits per heavy atom. The first-order valence-electron chi connectivity index (χ1n) is 6.86. The van der Waals surface area contributed by atoms with Crippen molar-refractivity contribution in [1.29, 1.82) is 0 Å². The number of hydrogen-bond acceptors (Lipinski definition) is 3. The summed E-state index contributed by atoms with van der Waals surface area (Å²) < 4.78 is 6.25. The van der Waals surface area contributed by atoms with Gasteiger partial charge in [0.25, 0.3) is 5.91 Å². The molecule has 0 aliphatic rings. The van der Waals surface area contributed by atoms with Crippen LogP contribution in [0.15, 0.2) is 22.7 Å². The Kier molecular flexibility index (Phi) is 7.82. The molecule has 1 rings (SSSR count). The van der Waals surface area contributed by atoms with Gasteiger partial charge in [0.1, 0.15) is 5.75 Å². The summed E-state index contributed by atoms with van der Waals surface area (Å²) in [6.07, 6.45) is 2.38. The van der Waals surface area contributed by atoms with E-state index in [2.05, 4.69) is 21.2 Å². The number of carboxylic acids is 1. The highest BCUT2D eigenvalue weighted by molar-refractivity contribution is 9.10. The number of hydrogen-bond donors (Lipinski definition) is 2. The second-order valence-corrected chi connectivity index (χ2v) is 5.63. The standard InChI is InChI=1S/C15H20BrNO4/c1-11-6-7-13(12(16)9-11)21-10-14(18)17-8-4-2-3-5-15(19)20/h6-7,9H,2-5,8,10H2,1H3,(H,17,18)(H,19,20). The number of carbonyl (C=O) groups excluding carboxylic acids is 1. The average Bonchev–Trinajstić information content (AvgIpc) is 2.41. The number of aliphatic carboxylic acids is 1. The van der Waals surface area contributed by atoms with E-state index in [9.17, 15) is 9.59 Å². The predicted octanol–water partition coefficient (Wildman–Crippen LogP) is 2.90. The highest BCUT2D eigenvalue weighted by Crippen LogP contribution is 2.25. The molecule has 0 spiro atoms. The maximum absolute atomic E-state index is 11.6. The van der Waals surface area contributed by atoms with Crippen molar-refractivity contribution < 1.29 is 19.4 Å². The molecule has 1 aromatic rings. The van der Waals surface area contributed by atoms with Crippen molar-refractivity contribution in [3.8, 4) is 5.75 Å². The first kappa shape index (κ1) is 17.5. The molecule has 116 valence electrons. The molecule has 0 heterocycles. The van der Waals surface area contributed by atoms with E-state index in [-0.39, 0.29) is 18.9 Å². The Hall–Kier alpha value is -1.56. The molecule has 21 heavy (non-hydrogen) atoms. The molecule has 0 fully saturated rings.